The fraction of sp³-hybridized carbons (Fsp3) is 0.143. The van der Waals surface area contributed by atoms with Crippen LogP contribution in [-0.4, -0.2) is 28.3 Å². The molecule has 0 fully saturated rings. The number of hydrogen-bond acceptors (Lipinski definition) is 4. The molecule has 0 aromatic carbocycles. The third-order valence-electron chi connectivity index (χ3n) is 1.19. The molecule has 0 aliphatic heterocycles. The third-order valence-corrected chi connectivity index (χ3v) is 1.48. The molecular formula is C7H9N5S. The molecule has 1 aromatic rings. The van der Waals surface area contributed by atoms with Crippen molar-refractivity contribution in [2.45, 2.75) is 0 Å². The van der Waals surface area contributed by atoms with Gasteiger partial charge in [0.25, 0.3) is 0 Å². The molecule has 1 heterocycles. The zero-order valence-electron chi connectivity index (χ0n) is 7.06. The number of nitrogens with one attached hydrogen (secondary N) is 2. The number of hydrazone groups is 1. The van der Waals surface area contributed by atoms with Gasteiger partial charge in [0.1, 0.15) is 6.33 Å². The van der Waals surface area contributed by atoms with Crippen molar-refractivity contribution in [3.05, 3.63) is 24.3 Å². The summed E-state index contributed by atoms with van der Waals surface area (Å²) in [5.74, 6) is 0. The highest BCUT2D eigenvalue weighted by Crippen LogP contribution is 1.85. The Hall–Kier alpha value is -1.56. The summed E-state index contributed by atoms with van der Waals surface area (Å²) in [7, 11) is 1.72. The number of aromatic nitrogens is 2. The predicted molar refractivity (Wildman–Crippen MR) is 54.4 cm³/mol. The van der Waals surface area contributed by atoms with E-state index in [1.54, 1.807) is 25.7 Å². The maximum absolute atomic E-state index is 4.80. The van der Waals surface area contributed by atoms with Gasteiger partial charge >= 0.3 is 0 Å². The zero-order valence-corrected chi connectivity index (χ0v) is 7.88. The standard InChI is InChI=1S/C7H9N5S/c1-8-7(13)12-11-4-6-2-9-5-10-3-6/h2-5H,1H3,(H2,8,12,13)/b11-4+. The first-order valence-corrected chi connectivity index (χ1v) is 3.99. The zero-order chi connectivity index (χ0) is 9.52. The molecule has 0 spiro atoms. The van der Waals surface area contributed by atoms with Crippen LogP contribution in [0.5, 0.6) is 0 Å². The fourth-order valence-electron chi connectivity index (χ4n) is 0.599. The topological polar surface area (TPSA) is 62.2 Å². The molecular weight excluding hydrogens is 186 g/mol. The van der Waals surface area contributed by atoms with E-state index in [0.717, 1.165) is 5.56 Å². The first kappa shape index (κ1) is 9.53. The second-order valence-corrected chi connectivity index (χ2v) is 2.53. The molecule has 0 aliphatic rings. The summed E-state index contributed by atoms with van der Waals surface area (Å²) in [6, 6.07) is 0. The van der Waals surface area contributed by atoms with Crippen LogP contribution in [0.25, 0.3) is 0 Å². The maximum Gasteiger partial charge on any atom is 0.186 e. The lowest BCUT2D eigenvalue weighted by Crippen LogP contribution is -2.28. The Morgan fingerprint density at radius 2 is 2.23 bits per heavy atom. The molecule has 0 saturated carbocycles. The Morgan fingerprint density at radius 3 is 2.85 bits per heavy atom. The summed E-state index contributed by atoms with van der Waals surface area (Å²) >= 11 is 4.80. The van der Waals surface area contributed by atoms with Crippen LogP contribution in [0.4, 0.5) is 0 Å². The molecule has 1 rings (SSSR count). The monoisotopic (exact) mass is 195 g/mol. The van der Waals surface area contributed by atoms with Crippen LogP contribution in [0, 0.1) is 0 Å². The third kappa shape index (κ3) is 3.57. The first-order valence-electron chi connectivity index (χ1n) is 3.58. The van der Waals surface area contributed by atoms with E-state index in [4.69, 9.17) is 12.2 Å². The van der Waals surface area contributed by atoms with Gasteiger partial charge in [0, 0.05) is 25.0 Å². The molecule has 6 heteroatoms. The van der Waals surface area contributed by atoms with E-state index in [1.165, 1.54) is 6.33 Å². The van der Waals surface area contributed by atoms with Crippen LogP contribution in [0.15, 0.2) is 23.8 Å². The highest BCUT2D eigenvalue weighted by molar-refractivity contribution is 7.80. The Kier molecular flexibility index (Phi) is 3.77. The number of thiocarbonyl (C=S) groups is 1. The quantitative estimate of drug-likeness (QED) is 0.392. The van der Waals surface area contributed by atoms with Gasteiger partial charge in [-0.15, -0.1) is 0 Å². The van der Waals surface area contributed by atoms with Gasteiger partial charge in [-0.1, -0.05) is 0 Å². The van der Waals surface area contributed by atoms with Gasteiger partial charge in [-0.3, -0.25) is 5.43 Å². The summed E-state index contributed by atoms with van der Waals surface area (Å²) in [4.78, 5) is 7.65. The lowest BCUT2D eigenvalue weighted by atomic mass is 10.4. The average molecular weight is 195 g/mol. The molecule has 13 heavy (non-hydrogen) atoms. The SMILES string of the molecule is CNC(=S)N/N=C/c1cncnc1. The van der Waals surface area contributed by atoms with Crippen molar-refractivity contribution in [2.24, 2.45) is 5.10 Å². The Bertz CT molecular complexity index is 297. The van der Waals surface area contributed by atoms with Crippen molar-refractivity contribution < 1.29 is 0 Å². The van der Waals surface area contributed by atoms with Crippen molar-refractivity contribution in [2.75, 3.05) is 7.05 Å². The van der Waals surface area contributed by atoms with Crippen LogP contribution in [-0.2, 0) is 0 Å². The number of nitrogens with zero attached hydrogens (tertiary/aromatic N) is 3. The summed E-state index contributed by atoms with van der Waals surface area (Å²) in [6.45, 7) is 0. The fourth-order valence-corrected chi connectivity index (χ4v) is 0.651. The molecule has 5 nitrogen and oxygen atoms in total. The Labute approximate surface area is 81.3 Å². The van der Waals surface area contributed by atoms with Gasteiger partial charge in [0.15, 0.2) is 5.11 Å². The van der Waals surface area contributed by atoms with Gasteiger partial charge < -0.3 is 5.32 Å². The predicted octanol–water partition coefficient (Wildman–Crippen LogP) is -0.0956. The molecule has 0 radical (unpaired) electrons. The number of hydrogen-bond donors (Lipinski definition) is 2. The Balaban J connectivity index is 2.45. The van der Waals surface area contributed by atoms with Crippen molar-refractivity contribution in [3.63, 3.8) is 0 Å². The van der Waals surface area contributed by atoms with Crippen molar-refractivity contribution in [1.29, 1.82) is 0 Å². The molecule has 0 unspecified atom stereocenters. The van der Waals surface area contributed by atoms with E-state index in [-0.39, 0.29) is 0 Å². The van der Waals surface area contributed by atoms with Crippen molar-refractivity contribution in [3.8, 4) is 0 Å². The van der Waals surface area contributed by atoms with E-state index in [0.29, 0.717) is 5.11 Å². The lowest BCUT2D eigenvalue weighted by Gasteiger charge is -1.98. The highest BCUT2D eigenvalue weighted by atomic mass is 32.1. The average Bonchev–Trinajstić information content (AvgIpc) is 2.19. The molecule has 0 aliphatic carbocycles. The van der Waals surface area contributed by atoms with E-state index < -0.39 is 0 Å². The second-order valence-electron chi connectivity index (χ2n) is 2.12. The van der Waals surface area contributed by atoms with E-state index in [2.05, 4.69) is 25.8 Å². The number of rotatable bonds is 2. The van der Waals surface area contributed by atoms with E-state index >= 15 is 0 Å². The van der Waals surface area contributed by atoms with Gasteiger partial charge in [-0.25, -0.2) is 9.97 Å². The van der Waals surface area contributed by atoms with Gasteiger partial charge in [-0.05, 0) is 12.2 Å². The van der Waals surface area contributed by atoms with Crippen molar-refractivity contribution >= 4 is 23.5 Å². The van der Waals surface area contributed by atoms with Gasteiger partial charge in [0.2, 0.25) is 0 Å². The van der Waals surface area contributed by atoms with Gasteiger partial charge in [0.05, 0.1) is 6.21 Å². The molecule has 0 atom stereocenters. The minimum absolute atomic E-state index is 0.466. The van der Waals surface area contributed by atoms with Gasteiger partial charge in [-0.2, -0.15) is 5.10 Å². The highest BCUT2D eigenvalue weighted by Gasteiger charge is 1.86. The molecule has 0 amide bonds. The van der Waals surface area contributed by atoms with Crippen molar-refractivity contribution in [1.82, 2.24) is 20.7 Å². The molecule has 68 valence electrons. The Morgan fingerprint density at radius 1 is 1.54 bits per heavy atom. The van der Waals surface area contributed by atoms with Crippen LogP contribution in [0.2, 0.25) is 0 Å². The normalized spacial score (nSPS) is 9.92. The van der Waals surface area contributed by atoms with E-state index in [1.807, 2.05) is 0 Å². The molecule has 0 bridgehead atoms. The summed E-state index contributed by atoms with van der Waals surface area (Å²) in [5.41, 5.74) is 3.43. The minimum atomic E-state index is 0.466. The maximum atomic E-state index is 4.80. The van der Waals surface area contributed by atoms with Crippen LogP contribution in [0.1, 0.15) is 5.56 Å². The largest absolute Gasteiger partial charge is 0.364 e. The van der Waals surface area contributed by atoms with E-state index in [9.17, 15) is 0 Å². The first-order chi connectivity index (χ1) is 6.33. The second kappa shape index (κ2) is 5.15. The summed E-state index contributed by atoms with van der Waals surface area (Å²) in [5, 5.41) is 7.05. The smallest absolute Gasteiger partial charge is 0.186 e. The summed E-state index contributed by atoms with van der Waals surface area (Å²) < 4.78 is 0. The van der Waals surface area contributed by atoms with Crippen LogP contribution in [0.3, 0.4) is 0 Å². The van der Waals surface area contributed by atoms with Crippen LogP contribution < -0.4 is 10.7 Å². The minimum Gasteiger partial charge on any atom is -0.364 e. The summed E-state index contributed by atoms with van der Waals surface area (Å²) in [6.07, 6.45) is 6.36. The molecule has 2 N–H and O–H groups in total. The molecule has 1 aromatic heterocycles. The molecule has 0 saturated heterocycles. The van der Waals surface area contributed by atoms with Crippen LogP contribution >= 0.6 is 12.2 Å². The lowest BCUT2D eigenvalue weighted by molar-refractivity contribution is 0.981.